The largest absolute Gasteiger partial charge is 0.493 e. The van der Waals surface area contributed by atoms with Crippen molar-refractivity contribution in [2.75, 3.05) is 14.2 Å². The van der Waals surface area contributed by atoms with Gasteiger partial charge in [-0.2, -0.15) is 0 Å². The Balaban J connectivity index is 3.51. The number of carbonyl (C=O) groups is 1. The first-order valence-electron chi connectivity index (χ1n) is 5.10. The minimum Gasteiger partial charge on any atom is -0.493 e. The van der Waals surface area contributed by atoms with Crippen LogP contribution in [0.15, 0.2) is 12.1 Å². The Labute approximate surface area is 100 Å². The molecule has 0 atom stereocenters. The van der Waals surface area contributed by atoms with Gasteiger partial charge in [-0.25, -0.2) is 4.79 Å². The molecule has 1 aromatic rings. The summed E-state index contributed by atoms with van der Waals surface area (Å²) in [6.07, 6.45) is 0. The minimum atomic E-state index is -1.08. The number of hydrogen-bond donors (Lipinski definition) is 2. The van der Waals surface area contributed by atoms with Crippen molar-refractivity contribution in [2.45, 2.75) is 19.4 Å². The zero-order chi connectivity index (χ0) is 13.2. The van der Waals surface area contributed by atoms with Crippen molar-refractivity contribution in [1.29, 1.82) is 0 Å². The molecule has 0 saturated carbocycles. The molecule has 3 N–H and O–H groups in total. The average Bonchev–Trinajstić information content (AvgIpc) is 2.25. The van der Waals surface area contributed by atoms with Crippen LogP contribution in [-0.2, 0) is 5.54 Å². The Morgan fingerprint density at radius 1 is 1.29 bits per heavy atom. The fraction of sp³-hybridized carbons (Fsp3) is 0.417. The summed E-state index contributed by atoms with van der Waals surface area (Å²) in [5.74, 6) is -0.514. The first-order chi connectivity index (χ1) is 7.81. The van der Waals surface area contributed by atoms with E-state index < -0.39 is 11.5 Å². The number of carboxylic acids is 1. The van der Waals surface area contributed by atoms with Crippen LogP contribution in [0.3, 0.4) is 0 Å². The topological polar surface area (TPSA) is 81.8 Å². The van der Waals surface area contributed by atoms with E-state index >= 15 is 0 Å². The number of benzene rings is 1. The number of aromatic carboxylic acids is 1. The molecular formula is C12H17NO4. The van der Waals surface area contributed by atoms with Crippen LogP contribution in [0.1, 0.15) is 29.8 Å². The van der Waals surface area contributed by atoms with E-state index in [1.807, 2.05) is 0 Å². The Bertz CT molecular complexity index is 435. The van der Waals surface area contributed by atoms with Gasteiger partial charge in [0, 0.05) is 5.54 Å². The molecule has 0 amide bonds. The molecule has 1 aromatic carbocycles. The normalized spacial score (nSPS) is 11.1. The molecule has 0 aliphatic rings. The quantitative estimate of drug-likeness (QED) is 0.833. The average molecular weight is 239 g/mol. The maximum absolute atomic E-state index is 11.2. The third kappa shape index (κ3) is 2.68. The number of carboxylic acid groups (broad SMARTS) is 1. The van der Waals surface area contributed by atoms with Gasteiger partial charge in [0.2, 0.25) is 0 Å². The lowest BCUT2D eigenvalue weighted by Crippen LogP contribution is -2.29. The Morgan fingerprint density at radius 2 is 1.88 bits per heavy atom. The highest BCUT2D eigenvalue weighted by atomic mass is 16.5. The van der Waals surface area contributed by atoms with Crippen LogP contribution in [0.2, 0.25) is 0 Å². The molecule has 5 heteroatoms. The molecule has 94 valence electrons. The number of ether oxygens (including phenoxy) is 2. The van der Waals surface area contributed by atoms with E-state index in [1.54, 1.807) is 19.9 Å². The maximum Gasteiger partial charge on any atom is 0.339 e. The van der Waals surface area contributed by atoms with Gasteiger partial charge >= 0.3 is 5.97 Å². The lowest BCUT2D eigenvalue weighted by Gasteiger charge is -2.22. The second kappa shape index (κ2) is 4.63. The van der Waals surface area contributed by atoms with Gasteiger partial charge in [-0.1, -0.05) is 0 Å². The Hall–Kier alpha value is -1.75. The molecule has 0 spiro atoms. The van der Waals surface area contributed by atoms with Crippen molar-refractivity contribution in [3.05, 3.63) is 23.3 Å². The second-order valence-corrected chi connectivity index (χ2v) is 4.29. The van der Waals surface area contributed by atoms with Crippen molar-refractivity contribution in [3.63, 3.8) is 0 Å². The summed E-state index contributed by atoms with van der Waals surface area (Å²) in [6, 6.07) is 3.19. The number of nitrogens with two attached hydrogens (primary N) is 1. The number of rotatable bonds is 4. The van der Waals surface area contributed by atoms with E-state index in [1.165, 1.54) is 20.3 Å². The van der Waals surface area contributed by atoms with Gasteiger partial charge < -0.3 is 20.3 Å². The summed E-state index contributed by atoms with van der Waals surface area (Å²) in [5.41, 5.74) is 6.02. The SMILES string of the molecule is COc1cc(C(C)(C)N)cc(C(=O)O)c1OC. The zero-order valence-corrected chi connectivity index (χ0v) is 10.4. The summed E-state index contributed by atoms with van der Waals surface area (Å²) >= 11 is 0. The third-order valence-corrected chi connectivity index (χ3v) is 2.45. The van der Waals surface area contributed by atoms with E-state index in [-0.39, 0.29) is 11.3 Å². The molecule has 17 heavy (non-hydrogen) atoms. The Morgan fingerprint density at radius 3 is 2.24 bits per heavy atom. The molecule has 0 unspecified atom stereocenters. The molecule has 0 saturated heterocycles. The van der Waals surface area contributed by atoms with Gasteiger partial charge in [-0.05, 0) is 31.5 Å². The highest BCUT2D eigenvalue weighted by Crippen LogP contribution is 2.35. The van der Waals surface area contributed by atoms with Gasteiger partial charge in [0.25, 0.3) is 0 Å². The van der Waals surface area contributed by atoms with E-state index in [0.717, 1.165) is 0 Å². The monoisotopic (exact) mass is 239 g/mol. The summed E-state index contributed by atoms with van der Waals surface area (Å²) in [4.78, 5) is 11.2. The molecule has 0 aliphatic carbocycles. The van der Waals surface area contributed by atoms with Gasteiger partial charge in [-0.3, -0.25) is 0 Å². The second-order valence-electron chi connectivity index (χ2n) is 4.29. The van der Waals surface area contributed by atoms with Crippen molar-refractivity contribution in [3.8, 4) is 11.5 Å². The lowest BCUT2D eigenvalue weighted by atomic mass is 9.93. The van der Waals surface area contributed by atoms with Crippen molar-refractivity contribution < 1.29 is 19.4 Å². The summed E-state index contributed by atoms with van der Waals surface area (Å²) in [5, 5.41) is 9.13. The first-order valence-corrected chi connectivity index (χ1v) is 5.10. The molecule has 5 nitrogen and oxygen atoms in total. The molecule has 0 aliphatic heterocycles. The first kappa shape index (κ1) is 13.3. The number of methoxy groups -OCH3 is 2. The van der Waals surface area contributed by atoms with Crippen LogP contribution in [0.4, 0.5) is 0 Å². The summed E-state index contributed by atoms with van der Waals surface area (Å²) in [6.45, 7) is 3.58. The van der Waals surface area contributed by atoms with Crippen LogP contribution in [-0.4, -0.2) is 25.3 Å². The van der Waals surface area contributed by atoms with Crippen LogP contribution in [0.25, 0.3) is 0 Å². The number of hydrogen-bond acceptors (Lipinski definition) is 4. The molecule has 0 radical (unpaired) electrons. The highest BCUT2D eigenvalue weighted by molar-refractivity contribution is 5.92. The standard InChI is InChI=1S/C12H17NO4/c1-12(2,13)7-5-8(11(14)15)10(17-4)9(6-7)16-3/h5-6H,13H2,1-4H3,(H,14,15). The van der Waals surface area contributed by atoms with Crippen LogP contribution in [0.5, 0.6) is 11.5 Å². The minimum absolute atomic E-state index is 0.0420. The Kier molecular flexibility index (Phi) is 3.63. The molecule has 0 fully saturated rings. The van der Waals surface area contributed by atoms with Gasteiger partial charge in [0.05, 0.1) is 14.2 Å². The van der Waals surface area contributed by atoms with Crippen LogP contribution in [0, 0.1) is 0 Å². The lowest BCUT2D eigenvalue weighted by molar-refractivity contribution is 0.0692. The third-order valence-electron chi connectivity index (χ3n) is 2.45. The molecule has 0 heterocycles. The zero-order valence-electron chi connectivity index (χ0n) is 10.4. The summed E-state index contributed by atoms with van der Waals surface area (Å²) in [7, 11) is 2.86. The van der Waals surface area contributed by atoms with Gasteiger partial charge in [0.15, 0.2) is 11.5 Å². The maximum atomic E-state index is 11.2. The smallest absolute Gasteiger partial charge is 0.339 e. The predicted molar refractivity (Wildman–Crippen MR) is 63.7 cm³/mol. The molecular weight excluding hydrogens is 222 g/mol. The summed E-state index contributed by atoms with van der Waals surface area (Å²) < 4.78 is 10.2. The van der Waals surface area contributed by atoms with E-state index in [0.29, 0.717) is 11.3 Å². The van der Waals surface area contributed by atoms with Crippen molar-refractivity contribution in [1.82, 2.24) is 0 Å². The fourth-order valence-corrected chi connectivity index (χ4v) is 1.50. The van der Waals surface area contributed by atoms with Crippen LogP contribution < -0.4 is 15.2 Å². The van der Waals surface area contributed by atoms with Crippen LogP contribution >= 0.6 is 0 Å². The highest BCUT2D eigenvalue weighted by Gasteiger charge is 2.23. The molecule has 0 bridgehead atoms. The fourth-order valence-electron chi connectivity index (χ4n) is 1.50. The van der Waals surface area contributed by atoms with Gasteiger partial charge in [-0.15, -0.1) is 0 Å². The van der Waals surface area contributed by atoms with Gasteiger partial charge in [0.1, 0.15) is 5.56 Å². The molecule has 0 aromatic heterocycles. The van der Waals surface area contributed by atoms with E-state index in [2.05, 4.69) is 0 Å². The van der Waals surface area contributed by atoms with E-state index in [4.69, 9.17) is 20.3 Å². The van der Waals surface area contributed by atoms with E-state index in [9.17, 15) is 4.79 Å². The van der Waals surface area contributed by atoms with Crippen molar-refractivity contribution in [2.24, 2.45) is 5.73 Å². The van der Waals surface area contributed by atoms with Crippen molar-refractivity contribution >= 4 is 5.97 Å². The predicted octanol–water partition coefficient (Wildman–Crippen LogP) is 1.60. The molecule has 1 rings (SSSR count).